The lowest BCUT2D eigenvalue weighted by Gasteiger charge is -2.39. The monoisotopic (exact) mass is 441 g/mol. The van der Waals surface area contributed by atoms with Crippen LogP contribution in [0.2, 0.25) is 0 Å². The summed E-state index contributed by atoms with van der Waals surface area (Å²) in [4.78, 5) is 44.4. The van der Waals surface area contributed by atoms with E-state index in [1.807, 2.05) is 56.9 Å². The normalized spacial score (nSPS) is 25.8. The molecule has 3 atom stereocenters. The summed E-state index contributed by atoms with van der Waals surface area (Å²) < 4.78 is 5.59. The first-order valence-electron chi connectivity index (χ1n) is 11.7. The number of hydrogen-bond donors (Lipinski definition) is 0. The number of nitrogens with zero attached hydrogens (tertiary/aromatic N) is 3. The van der Waals surface area contributed by atoms with Crippen molar-refractivity contribution in [3.05, 3.63) is 35.4 Å². The number of piperidine rings is 1. The smallest absolute Gasteiger partial charge is 0.410 e. The molecular formula is C25H35N3O4. The van der Waals surface area contributed by atoms with E-state index in [1.165, 1.54) is 5.56 Å². The van der Waals surface area contributed by atoms with E-state index in [-0.39, 0.29) is 29.9 Å². The highest BCUT2D eigenvalue weighted by atomic mass is 16.6. The molecule has 7 heteroatoms. The Kier molecular flexibility index (Phi) is 6.19. The Morgan fingerprint density at radius 3 is 2.44 bits per heavy atom. The highest BCUT2D eigenvalue weighted by molar-refractivity contribution is 5.91. The number of fused-ring (bicyclic) bond motifs is 4. The minimum absolute atomic E-state index is 0.0225. The van der Waals surface area contributed by atoms with Crippen LogP contribution in [0.3, 0.4) is 0 Å². The summed E-state index contributed by atoms with van der Waals surface area (Å²) in [6, 6.07) is 7.67. The van der Waals surface area contributed by atoms with Gasteiger partial charge in [-0.2, -0.15) is 0 Å². The van der Waals surface area contributed by atoms with Crippen LogP contribution in [0.4, 0.5) is 4.79 Å². The first-order chi connectivity index (χ1) is 15.1. The molecule has 2 bridgehead atoms. The molecule has 1 aromatic carbocycles. The highest BCUT2D eigenvalue weighted by Crippen LogP contribution is 2.32. The van der Waals surface area contributed by atoms with Gasteiger partial charge in [0.15, 0.2) is 0 Å². The van der Waals surface area contributed by atoms with Crippen LogP contribution in [0.5, 0.6) is 0 Å². The second-order valence-corrected chi connectivity index (χ2v) is 10.5. The number of likely N-dealkylation sites (tertiary alicyclic amines) is 1. The third-order valence-corrected chi connectivity index (χ3v) is 6.74. The number of benzene rings is 1. The van der Waals surface area contributed by atoms with Gasteiger partial charge in [-0.3, -0.25) is 9.59 Å². The van der Waals surface area contributed by atoms with Gasteiger partial charge >= 0.3 is 6.09 Å². The second kappa shape index (κ2) is 8.75. The van der Waals surface area contributed by atoms with E-state index in [9.17, 15) is 14.4 Å². The van der Waals surface area contributed by atoms with E-state index in [1.54, 1.807) is 9.80 Å². The van der Waals surface area contributed by atoms with Crippen molar-refractivity contribution in [3.8, 4) is 0 Å². The van der Waals surface area contributed by atoms with Crippen LogP contribution in [-0.4, -0.2) is 69.9 Å². The lowest BCUT2D eigenvalue weighted by molar-refractivity contribution is -0.144. The zero-order valence-corrected chi connectivity index (χ0v) is 19.7. The molecule has 3 unspecified atom stereocenters. The number of carbonyl (C=O) groups excluding carboxylic acids is 3. The molecule has 4 fully saturated rings. The zero-order valence-electron chi connectivity index (χ0n) is 19.7. The minimum atomic E-state index is -0.543. The lowest BCUT2D eigenvalue weighted by Crippen LogP contribution is -2.54. The van der Waals surface area contributed by atoms with Gasteiger partial charge in [-0.1, -0.05) is 29.8 Å². The molecule has 0 aromatic heterocycles. The Morgan fingerprint density at radius 1 is 1.03 bits per heavy atom. The molecule has 3 amide bonds. The van der Waals surface area contributed by atoms with E-state index in [4.69, 9.17) is 4.74 Å². The molecule has 5 rings (SSSR count). The van der Waals surface area contributed by atoms with Crippen molar-refractivity contribution in [1.29, 1.82) is 0 Å². The zero-order chi connectivity index (χ0) is 23.0. The maximum absolute atomic E-state index is 13.6. The lowest BCUT2D eigenvalue weighted by atomic mass is 9.94. The average molecular weight is 442 g/mol. The Bertz CT molecular complexity index is 876. The molecule has 4 heterocycles. The molecule has 32 heavy (non-hydrogen) atoms. The Balaban J connectivity index is 1.47. The predicted molar refractivity (Wildman–Crippen MR) is 121 cm³/mol. The number of amides is 3. The predicted octanol–water partition coefficient (Wildman–Crippen LogP) is 3.34. The summed E-state index contributed by atoms with van der Waals surface area (Å²) in [5, 5.41) is 0. The highest BCUT2D eigenvalue weighted by Gasteiger charge is 2.44. The topological polar surface area (TPSA) is 70.2 Å². The van der Waals surface area contributed by atoms with Gasteiger partial charge in [0.25, 0.3) is 0 Å². The summed E-state index contributed by atoms with van der Waals surface area (Å²) in [5.41, 5.74) is 1.67. The number of carbonyl (C=O) groups is 3. The number of ether oxygens (including phenoxy) is 1. The van der Waals surface area contributed by atoms with Gasteiger partial charge in [0.1, 0.15) is 11.6 Å². The molecule has 4 aliphatic rings. The van der Waals surface area contributed by atoms with E-state index >= 15 is 0 Å². The molecular weight excluding hydrogens is 406 g/mol. The van der Waals surface area contributed by atoms with Gasteiger partial charge in [0.2, 0.25) is 11.8 Å². The van der Waals surface area contributed by atoms with Crippen LogP contribution in [0.25, 0.3) is 0 Å². The van der Waals surface area contributed by atoms with E-state index < -0.39 is 11.6 Å². The largest absolute Gasteiger partial charge is 0.444 e. The number of rotatable bonds is 3. The average Bonchev–Trinajstić information content (AvgIpc) is 2.90. The first kappa shape index (κ1) is 22.6. The SMILES string of the molecule is Cc1ccc(CN2C(=O)CCC2C(=O)N2CC3CCC2CN(C(=O)OC(C)(C)C)C3)cc1. The number of hydrogen-bond acceptors (Lipinski definition) is 4. The van der Waals surface area contributed by atoms with Gasteiger partial charge in [-0.25, -0.2) is 4.79 Å². The second-order valence-electron chi connectivity index (χ2n) is 10.5. The van der Waals surface area contributed by atoms with Crippen LogP contribution >= 0.6 is 0 Å². The molecule has 0 radical (unpaired) electrons. The standard InChI is InChI=1S/C25H35N3O4/c1-17-5-7-18(8-6-17)14-28-21(11-12-22(28)29)23(30)27-15-19-9-10-20(27)16-26(13-19)24(31)32-25(2,3)4/h5-8,19-21H,9-16H2,1-4H3. The summed E-state index contributed by atoms with van der Waals surface area (Å²) in [7, 11) is 0. The third-order valence-electron chi connectivity index (χ3n) is 6.74. The fourth-order valence-corrected chi connectivity index (χ4v) is 5.10. The van der Waals surface area contributed by atoms with Crippen LogP contribution in [0.15, 0.2) is 24.3 Å². The quantitative estimate of drug-likeness (QED) is 0.721. The van der Waals surface area contributed by atoms with Crippen LogP contribution in [-0.2, 0) is 20.9 Å². The van der Waals surface area contributed by atoms with Gasteiger partial charge in [-0.15, -0.1) is 0 Å². The molecule has 174 valence electrons. The molecule has 0 N–H and O–H groups in total. The van der Waals surface area contributed by atoms with Crippen molar-refractivity contribution < 1.29 is 19.1 Å². The van der Waals surface area contributed by atoms with Gasteiger partial charge in [0.05, 0.1) is 0 Å². The van der Waals surface area contributed by atoms with Crippen molar-refractivity contribution in [2.24, 2.45) is 5.92 Å². The van der Waals surface area contributed by atoms with Gasteiger partial charge in [0, 0.05) is 38.6 Å². The third kappa shape index (κ3) is 4.92. The summed E-state index contributed by atoms with van der Waals surface area (Å²) >= 11 is 0. The molecule has 7 nitrogen and oxygen atoms in total. The van der Waals surface area contributed by atoms with E-state index in [0.717, 1.165) is 18.4 Å². The van der Waals surface area contributed by atoms with Crippen LogP contribution in [0.1, 0.15) is 57.6 Å². The molecule has 0 aliphatic carbocycles. The molecule has 0 spiro atoms. The first-order valence-corrected chi connectivity index (χ1v) is 11.7. The minimum Gasteiger partial charge on any atom is -0.444 e. The van der Waals surface area contributed by atoms with Crippen LogP contribution < -0.4 is 0 Å². The van der Waals surface area contributed by atoms with Crippen molar-refractivity contribution in [2.75, 3.05) is 19.6 Å². The van der Waals surface area contributed by atoms with E-state index in [2.05, 4.69) is 0 Å². The van der Waals surface area contributed by atoms with Gasteiger partial charge < -0.3 is 19.4 Å². The summed E-state index contributed by atoms with van der Waals surface area (Å²) in [5.74, 6) is 0.316. The van der Waals surface area contributed by atoms with Gasteiger partial charge in [-0.05, 0) is 58.4 Å². The fourth-order valence-electron chi connectivity index (χ4n) is 5.10. The van der Waals surface area contributed by atoms with Crippen molar-refractivity contribution in [1.82, 2.24) is 14.7 Å². The molecule has 4 saturated heterocycles. The summed E-state index contributed by atoms with van der Waals surface area (Å²) in [6.07, 6.45) is 2.56. The van der Waals surface area contributed by atoms with Crippen molar-refractivity contribution in [3.63, 3.8) is 0 Å². The molecule has 1 aromatic rings. The Morgan fingerprint density at radius 2 is 1.75 bits per heavy atom. The van der Waals surface area contributed by atoms with E-state index in [0.29, 0.717) is 39.0 Å². The maximum Gasteiger partial charge on any atom is 0.410 e. The maximum atomic E-state index is 13.6. The van der Waals surface area contributed by atoms with Crippen molar-refractivity contribution in [2.45, 2.75) is 77.6 Å². The Hall–Kier alpha value is -2.57. The van der Waals surface area contributed by atoms with Crippen molar-refractivity contribution >= 4 is 17.9 Å². The summed E-state index contributed by atoms with van der Waals surface area (Å²) in [6.45, 7) is 9.85. The fraction of sp³-hybridized carbons (Fsp3) is 0.640. The van der Waals surface area contributed by atoms with Crippen LogP contribution in [0, 0.1) is 12.8 Å². The molecule has 0 saturated carbocycles. The molecule has 4 aliphatic heterocycles. The number of aryl methyl sites for hydroxylation is 1. The Labute approximate surface area is 190 Å².